The zero-order valence-corrected chi connectivity index (χ0v) is 8.83. The number of azide groups is 1. The van der Waals surface area contributed by atoms with Crippen LogP contribution in [0.25, 0.3) is 10.4 Å². The normalized spacial score (nSPS) is 10.4. The monoisotopic (exact) mass is 217 g/mol. The summed E-state index contributed by atoms with van der Waals surface area (Å²) in [5.74, 6) is -0.520. The van der Waals surface area contributed by atoms with E-state index in [0.29, 0.717) is 0 Å². The highest BCUT2D eigenvalue weighted by Gasteiger charge is 1.99. The third-order valence-electron chi connectivity index (χ3n) is 1.75. The number of ether oxygens (including phenoxy) is 1. The van der Waals surface area contributed by atoms with Gasteiger partial charge in [0.25, 0.3) is 0 Å². The zero-order chi connectivity index (χ0) is 11.8. The van der Waals surface area contributed by atoms with Crippen molar-refractivity contribution in [3.63, 3.8) is 0 Å². The van der Waals surface area contributed by atoms with E-state index in [0.717, 1.165) is 11.6 Å². The van der Waals surface area contributed by atoms with Crippen LogP contribution in [0.2, 0.25) is 0 Å². The molecule has 0 fully saturated rings. The number of esters is 1. The van der Waals surface area contributed by atoms with E-state index in [-0.39, 0.29) is 12.3 Å². The highest BCUT2D eigenvalue weighted by Crippen LogP contribution is 2.02. The van der Waals surface area contributed by atoms with Gasteiger partial charge in [-0.05, 0) is 18.0 Å². The molecule has 5 nitrogen and oxygen atoms in total. The van der Waals surface area contributed by atoms with E-state index in [2.05, 4.69) is 10.0 Å². The van der Waals surface area contributed by atoms with Gasteiger partial charge in [0, 0.05) is 16.7 Å². The average molecular weight is 217 g/mol. The Morgan fingerprint density at radius 3 is 2.81 bits per heavy atom. The van der Waals surface area contributed by atoms with Gasteiger partial charge in [0.15, 0.2) is 0 Å². The van der Waals surface area contributed by atoms with Gasteiger partial charge in [0.1, 0.15) is 6.61 Å². The first-order valence-electron chi connectivity index (χ1n) is 4.66. The Morgan fingerprint density at radius 1 is 1.50 bits per heavy atom. The Labute approximate surface area is 93.0 Å². The van der Waals surface area contributed by atoms with Gasteiger partial charge in [0.2, 0.25) is 0 Å². The number of benzene rings is 1. The number of allylic oxidation sites excluding steroid dienone is 1. The van der Waals surface area contributed by atoms with Crippen molar-refractivity contribution in [2.45, 2.75) is 13.5 Å². The molecular formula is C11H11N3O2. The van der Waals surface area contributed by atoms with Crippen molar-refractivity contribution in [2.24, 2.45) is 5.11 Å². The second kappa shape index (κ2) is 6.27. The maximum atomic E-state index is 11.2. The number of rotatable bonds is 4. The van der Waals surface area contributed by atoms with Crippen LogP contribution in [0.1, 0.15) is 12.5 Å². The van der Waals surface area contributed by atoms with Crippen molar-refractivity contribution in [1.29, 1.82) is 0 Å². The predicted octanol–water partition coefficient (Wildman–Crippen LogP) is 2.94. The molecule has 0 N–H and O–H groups in total. The van der Waals surface area contributed by atoms with Gasteiger partial charge in [-0.2, -0.15) is 0 Å². The molecule has 0 aliphatic heterocycles. The summed E-state index contributed by atoms with van der Waals surface area (Å²) in [5.41, 5.74) is 9.31. The summed E-state index contributed by atoms with van der Waals surface area (Å²) < 4.78 is 4.95. The summed E-state index contributed by atoms with van der Waals surface area (Å²) in [6, 6.07) is 9.33. The van der Waals surface area contributed by atoms with Crippen LogP contribution in [-0.4, -0.2) is 5.97 Å². The standard InChI is InChI=1S/C11H11N3O2/c1-9(13-14-12)7-11(15)16-8-10-5-3-2-4-6-10/h2-7H,8H2,1H3/b9-7-. The third kappa shape index (κ3) is 4.30. The quantitative estimate of drug-likeness (QED) is 0.255. The zero-order valence-electron chi connectivity index (χ0n) is 8.83. The number of carbonyl (C=O) groups excluding carboxylic acids is 1. The average Bonchev–Trinajstić information content (AvgIpc) is 2.28. The number of hydrogen-bond donors (Lipinski definition) is 0. The van der Waals surface area contributed by atoms with Crippen molar-refractivity contribution in [3.05, 3.63) is 58.1 Å². The Balaban J connectivity index is 2.48. The molecule has 0 saturated heterocycles. The van der Waals surface area contributed by atoms with Gasteiger partial charge >= 0.3 is 5.97 Å². The van der Waals surface area contributed by atoms with E-state index in [1.807, 2.05) is 30.3 Å². The highest BCUT2D eigenvalue weighted by molar-refractivity contribution is 5.82. The molecule has 5 heteroatoms. The molecule has 0 bridgehead atoms. The first-order chi connectivity index (χ1) is 7.72. The topological polar surface area (TPSA) is 75.1 Å². The van der Waals surface area contributed by atoms with E-state index in [1.54, 1.807) is 0 Å². The molecule has 0 heterocycles. The molecule has 0 amide bonds. The molecular weight excluding hydrogens is 206 g/mol. The van der Waals surface area contributed by atoms with E-state index in [4.69, 9.17) is 10.3 Å². The van der Waals surface area contributed by atoms with E-state index < -0.39 is 5.97 Å². The summed E-state index contributed by atoms with van der Waals surface area (Å²) >= 11 is 0. The van der Waals surface area contributed by atoms with Crippen molar-refractivity contribution in [2.75, 3.05) is 0 Å². The molecule has 0 aliphatic carbocycles. The summed E-state index contributed by atoms with van der Waals surface area (Å²) in [7, 11) is 0. The third-order valence-corrected chi connectivity index (χ3v) is 1.75. The van der Waals surface area contributed by atoms with Gasteiger partial charge in [-0.25, -0.2) is 4.79 Å². The maximum absolute atomic E-state index is 11.2. The van der Waals surface area contributed by atoms with Crippen molar-refractivity contribution in [1.82, 2.24) is 0 Å². The molecule has 0 spiro atoms. The fourth-order valence-corrected chi connectivity index (χ4v) is 1.04. The molecule has 1 rings (SSSR count). The molecule has 0 saturated carbocycles. The first-order valence-corrected chi connectivity index (χ1v) is 4.66. The molecule has 0 radical (unpaired) electrons. The van der Waals surface area contributed by atoms with E-state index >= 15 is 0 Å². The fourth-order valence-electron chi connectivity index (χ4n) is 1.04. The minimum absolute atomic E-state index is 0.208. The largest absolute Gasteiger partial charge is 0.458 e. The molecule has 0 atom stereocenters. The minimum atomic E-state index is -0.520. The Bertz CT molecular complexity index is 434. The predicted molar refractivity (Wildman–Crippen MR) is 59.1 cm³/mol. The van der Waals surface area contributed by atoms with Crippen LogP contribution >= 0.6 is 0 Å². The highest BCUT2D eigenvalue weighted by atomic mass is 16.5. The summed E-state index contributed by atoms with van der Waals surface area (Å²) in [6.07, 6.45) is 1.16. The van der Waals surface area contributed by atoms with Crippen LogP contribution in [0.3, 0.4) is 0 Å². The first kappa shape index (κ1) is 11.8. The lowest BCUT2D eigenvalue weighted by Gasteiger charge is -2.01. The molecule has 0 aliphatic rings. The molecule has 0 aromatic heterocycles. The number of nitrogens with zero attached hydrogens (tertiary/aromatic N) is 3. The van der Waals surface area contributed by atoms with Crippen LogP contribution in [0, 0.1) is 0 Å². The van der Waals surface area contributed by atoms with Gasteiger partial charge in [-0.15, -0.1) is 0 Å². The fraction of sp³-hybridized carbons (Fsp3) is 0.182. The van der Waals surface area contributed by atoms with E-state index in [9.17, 15) is 4.79 Å². The lowest BCUT2D eigenvalue weighted by molar-refractivity contribution is -0.139. The van der Waals surface area contributed by atoms with Crippen LogP contribution in [-0.2, 0) is 16.1 Å². The molecule has 82 valence electrons. The molecule has 1 aromatic rings. The van der Waals surface area contributed by atoms with Crippen molar-refractivity contribution in [3.8, 4) is 0 Å². The van der Waals surface area contributed by atoms with Gasteiger partial charge < -0.3 is 4.74 Å². The van der Waals surface area contributed by atoms with E-state index in [1.165, 1.54) is 6.92 Å². The molecule has 16 heavy (non-hydrogen) atoms. The van der Waals surface area contributed by atoms with Gasteiger partial charge in [-0.1, -0.05) is 35.4 Å². The summed E-state index contributed by atoms with van der Waals surface area (Å²) in [5, 5.41) is 3.26. The van der Waals surface area contributed by atoms with Crippen LogP contribution in [0.5, 0.6) is 0 Å². The Hall–Kier alpha value is -2.26. The second-order valence-corrected chi connectivity index (χ2v) is 3.07. The van der Waals surface area contributed by atoms with Crippen molar-refractivity contribution >= 4 is 5.97 Å². The smallest absolute Gasteiger partial charge is 0.331 e. The lowest BCUT2D eigenvalue weighted by atomic mass is 10.2. The summed E-state index contributed by atoms with van der Waals surface area (Å²) in [4.78, 5) is 13.8. The SMILES string of the molecule is C/C(=C/C(=O)OCc1ccccc1)N=[N+]=[N-]. The maximum Gasteiger partial charge on any atom is 0.331 e. The van der Waals surface area contributed by atoms with Crippen molar-refractivity contribution < 1.29 is 9.53 Å². The van der Waals surface area contributed by atoms with Crippen LogP contribution in [0.4, 0.5) is 0 Å². The molecule has 0 unspecified atom stereocenters. The minimum Gasteiger partial charge on any atom is -0.458 e. The van der Waals surface area contributed by atoms with Gasteiger partial charge in [0.05, 0.1) is 0 Å². The van der Waals surface area contributed by atoms with Gasteiger partial charge in [-0.3, -0.25) is 0 Å². The Morgan fingerprint density at radius 2 is 2.19 bits per heavy atom. The van der Waals surface area contributed by atoms with Crippen LogP contribution in [0.15, 0.2) is 47.2 Å². The summed E-state index contributed by atoms with van der Waals surface area (Å²) in [6.45, 7) is 1.74. The second-order valence-electron chi connectivity index (χ2n) is 3.07. The lowest BCUT2D eigenvalue weighted by Crippen LogP contribution is -2.01. The molecule has 1 aromatic carbocycles. The number of carbonyl (C=O) groups is 1. The Kier molecular flexibility index (Phi) is 4.63. The van der Waals surface area contributed by atoms with Crippen LogP contribution < -0.4 is 0 Å². The number of hydrogen-bond acceptors (Lipinski definition) is 3.